The van der Waals surface area contributed by atoms with Crippen molar-refractivity contribution < 1.29 is 24.1 Å². The lowest BCUT2D eigenvalue weighted by Crippen LogP contribution is -2.11. The van der Waals surface area contributed by atoms with Crippen molar-refractivity contribution in [3.63, 3.8) is 0 Å². The number of aryl methyl sites for hydroxylation is 2. The third-order valence-corrected chi connectivity index (χ3v) is 4.03. The van der Waals surface area contributed by atoms with Crippen LogP contribution in [0.5, 0.6) is 17.2 Å². The molecule has 0 saturated heterocycles. The lowest BCUT2D eigenvalue weighted by molar-refractivity contribution is 0.0690. The molecule has 0 atom stereocenters. The summed E-state index contributed by atoms with van der Waals surface area (Å²) in [5.41, 5.74) is 1.93. The zero-order chi connectivity index (χ0) is 17.7. The van der Waals surface area contributed by atoms with E-state index in [4.69, 9.17) is 25.8 Å². The van der Waals surface area contributed by atoms with Crippen LogP contribution in [0.1, 0.15) is 21.5 Å². The van der Waals surface area contributed by atoms with Crippen LogP contribution in [-0.2, 0) is 0 Å². The molecule has 1 N–H and O–H groups in total. The minimum Gasteiger partial charge on any atom is -0.497 e. The summed E-state index contributed by atoms with van der Waals surface area (Å²) < 4.78 is 16.2. The maximum atomic E-state index is 11.3. The number of halogens is 1. The summed E-state index contributed by atoms with van der Waals surface area (Å²) in [6, 6.07) is 8.34. The summed E-state index contributed by atoms with van der Waals surface area (Å²) in [5, 5.41) is 9.95. The van der Waals surface area contributed by atoms with Gasteiger partial charge >= 0.3 is 5.97 Å². The first-order chi connectivity index (χ1) is 11.4. The van der Waals surface area contributed by atoms with E-state index in [2.05, 4.69) is 0 Å². The van der Waals surface area contributed by atoms with Crippen LogP contribution in [0.2, 0.25) is 5.02 Å². The molecule has 0 fully saturated rings. The molecular weight excluding hydrogens is 332 g/mol. The molecule has 0 heterocycles. The van der Waals surface area contributed by atoms with E-state index in [1.54, 1.807) is 12.1 Å². The predicted molar refractivity (Wildman–Crippen MR) is 91.9 cm³/mol. The van der Waals surface area contributed by atoms with E-state index in [9.17, 15) is 9.90 Å². The van der Waals surface area contributed by atoms with Crippen LogP contribution >= 0.6 is 11.6 Å². The second-order valence-electron chi connectivity index (χ2n) is 5.24. The maximum Gasteiger partial charge on any atom is 0.339 e. The summed E-state index contributed by atoms with van der Waals surface area (Å²) in [6.07, 6.45) is 0. The molecule has 0 radical (unpaired) electrons. The fourth-order valence-corrected chi connectivity index (χ4v) is 2.34. The molecular formula is C18H19ClO5. The number of rotatable bonds is 7. The molecule has 0 aliphatic carbocycles. The average molecular weight is 351 g/mol. The van der Waals surface area contributed by atoms with Crippen LogP contribution in [0.15, 0.2) is 30.3 Å². The summed E-state index contributed by atoms with van der Waals surface area (Å²) in [7, 11) is 1.48. The van der Waals surface area contributed by atoms with Crippen LogP contribution in [0.3, 0.4) is 0 Å². The van der Waals surface area contributed by atoms with Crippen molar-refractivity contribution in [1.82, 2.24) is 0 Å². The second-order valence-corrected chi connectivity index (χ2v) is 5.61. The largest absolute Gasteiger partial charge is 0.497 e. The molecule has 2 rings (SSSR count). The van der Waals surface area contributed by atoms with Gasteiger partial charge in [0.05, 0.1) is 7.11 Å². The van der Waals surface area contributed by atoms with Crippen molar-refractivity contribution in [3.05, 3.63) is 52.0 Å². The van der Waals surface area contributed by atoms with Gasteiger partial charge in [-0.05, 0) is 55.3 Å². The topological polar surface area (TPSA) is 65.0 Å². The number of ether oxygens (including phenoxy) is 3. The summed E-state index contributed by atoms with van der Waals surface area (Å²) >= 11 is 6.12. The molecule has 6 heteroatoms. The first kappa shape index (κ1) is 17.9. The third kappa shape index (κ3) is 4.32. The highest BCUT2D eigenvalue weighted by Gasteiger charge is 2.13. The SMILES string of the molecule is COc1ccc(OCCOc2cc(C)c(Cl)c(C)c2)c(C(=O)O)c1. The van der Waals surface area contributed by atoms with E-state index in [-0.39, 0.29) is 24.5 Å². The number of carboxylic acid groups (broad SMARTS) is 1. The minimum atomic E-state index is -1.08. The zero-order valence-electron chi connectivity index (χ0n) is 13.8. The summed E-state index contributed by atoms with van der Waals surface area (Å²) in [6.45, 7) is 4.32. The fourth-order valence-electron chi connectivity index (χ4n) is 2.23. The normalized spacial score (nSPS) is 10.3. The van der Waals surface area contributed by atoms with Gasteiger partial charge in [0.1, 0.15) is 36.0 Å². The van der Waals surface area contributed by atoms with Crippen molar-refractivity contribution in [1.29, 1.82) is 0 Å². The molecule has 5 nitrogen and oxygen atoms in total. The highest BCUT2D eigenvalue weighted by molar-refractivity contribution is 6.32. The van der Waals surface area contributed by atoms with Crippen molar-refractivity contribution in [2.45, 2.75) is 13.8 Å². The van der Waals surface area contributed by atoms with Gasteiger partial charge < -0.3 is 19.3 Å². The number of carboxylic acids is 1. The van der Waals surface area contributed by atoms with Gasteiger partial charge in [-0.25, -0.2) is 4.79 Å². The van der Waals surface area contributed by atoms with Crippen LogP contribution in [0.4, 0.5) is 0 Å². The molecule has 0 aliphatic heterocycles. The van der Waals surface area contributed by atoms with Crippen molar-refractivity contribution in [2.75, 3.05) is 20.3 Å². The molecule has 128 valence electrons. The number of methoxy groups -OCH3 is 1. The second kappa shape index (κ2) is 7.93. The monoisotopic (exact) mass is 350 g/mol. The number of carbonyl (C=O) groups is 1. The molecule has 24 heavy (non-hydrogen) atoms. The third-order valence-electron chi connectivity index (χ3n) is 3.44. The Hall–Kier alpha value is -2.40. The maximum absolute atomic E-state index is 11.3. The standard InChI is InChI=1S/C18H19ClO5/c1-11-8-14(9-12(2)17(11)19)23-6-7-24-16-5-4-13(22-3)10-15(16)18(20)21/h4-5,8-10H,6-7H2,1-3H3,(H,20,21). The Bertz CT molecular complexity index is 719. The molecule has 0 saturated carbocycles. The van der Waals surface area contributed by atoms with Gasteiger partial charge in [-0.3, -0.25) is 0 Å². The van der Waals surface area contributed by atoms with Crippen molar-refractivity contribution in [3.8, 4) is 17.2 Å². The van der Waals surface area contributed by atoms with Crippen LogP contribution in [0, 0.1) is 13.8 Å². The van der Waals surface area contributed by atoms with Gasteiger partial charge in [-0.1, -0.05) is 11.6 Å². The first-order valence-corrected chi connectivity index (χ1v) is 7.74. The quantitative estimate of drug-likeness (QED) is 0.761. The molecule has 0 bridgehead atoms. The van der Waals surface area contributed by atoms with E-state index >= 15 is 0 Å². The number of benzene rings is 2. The van der Waals surface area contributed by atoms with E-state index < -0.39 is 5.97 Å². The van der Waals surface area contributed by atoms with Gasteiger partial charge in [-0.2, -0.15) is 0 Å². The van der Waals surface area contributed by atoms with E-state index in [0.717, 1.165) is 16.1 Å². The Labute approximate surface area is 145 Å². The van der Waals surface area contributed by atoms with Gasteiger partial charge in [0, 0.05) is 5.02 Å². The van der Waals surface area contributed by atoms with E-state index in [1.165, 1.54) is 13.2 Å². The van der Waals surface area contributed by atoms with Gasteiger partial charge in [0.2, 0.25) is 0 Å². The van der Waals surface area contributed by atoms with Gasteiger partial charge in [0.25, 0.3) is 0 Å². The molecule has 2 aromatic rings. The van der Waals surface area contributed by atoms with E-state index in [0.29, 0.717) is 11.5 Å². The number of hydrogen-bond acceptors (Lipinski definition) is 4. The molecule has 0 spiro atoms. The highest BCUT2D eigenvalue weighted by atomic mass is 35.5. The van der Waals surface area contributed by atoms with Gasteiger partial charge in [-0.15, -0.1) is 0 Å². The van der Waals surface area contributed by atoms with E-state index in [1.807, 2.05) is 26.0 Å². The fraction of sp³-hybridized carbons (Fsp3) is 0.278. The summed E-state index contributed by atoms with van der Waals surface area (Å²) in [4.78, 5) is 11.3. The number of aromatic carboxylic acids is 1. The molecule has 0 unspecified atom stereocenters. The Balaban J connectivity index is 1.96. The lowest BCUT2D eigenvalue weighted by Gasteiger charge is -2.12. The van der Waals surface area contributed by atoms with Crippen LogP contribution in [-0.4, -0.2) is 31.4 Å². The molecule has 0 aromatic heterocycles. The molecule has 2 aromatic carbocycles. The molecule has 0 aliphatic rings. The zero-order valence-corrected chi connectivity index (χ0v) is 14.5. The smallest absolute Gasteiger partial charge is 0.339 e. The summed E-state index contributed by atoms with van der Waals surface area (Å²) in [5.74, 6) is 0.360. The predicted octanol–water partition coefficient (Wildman–Crippen LogP) is 4.12. The Morgan fingerprint density at radius 3 is 2.25 bits per heavy atom. The number of hydrogen-bond donors (Lipinski definition) is 1. The molecule has 0 amide bonds. The van der Waals surface area contributed by atoms with Crippen LogP contribution in [0.25, 0.3) is 0 Å². The lowest BCUT2D eigenvalue weighted by atomic mass is 10.1. The Morgan fingerprint density at radius 2 is 1.67 bits per heavy atom. The van der Waals surface area contributed by atoms with Crippen LogP contribution < -0.4 is 14.2 Å². The minimum absolute atomic E-state index is 0.0486. The van der Waals surface area contributed by atoms with Gasteiger partial charge in [0.15, 0.2) is 0 Å². The van der Waals surface area contributed by atoms with Crippen molar-refractivity contribution >= 4 is 17.6 Å². The van der Waals surface area contributed by atoms with Crippen molar-refractivity contribution in [2.24, 2.45) is 0 Å². The Morgan fingerprint density at radius 1 is 1.04 bits per heavy atom. The first-order valence-electron chi connectivity index (χ1n) is 7.36. The highest BCUT2D eigenvalue weighted by Crippen LogP contribution is 2.26. The Kier molecular flexibility index (Phi) is 5.93. The average Bonchev–Trinajstić information content (AvgIpc) is 2.56.